The van der Waals surface area contributed by atoms with Crippen molar-refractivity contribution in [3.8, 4) is 22.6 Å². The summed E-state index contributed by atoms with van der Waals surface area (Å²) < 4.78 is 0. The molecule has 0 saturated heterocycles. The number of benzene rings is 2. The van der Waals surface area contributed by atoms with E-state index in [1.807, 2.05) is 32.0 Å². The molecule has 2 heteroatoms. The van der Waals surface area contributed by atoms with Gasteiger partial charge in [-0.2, -0.15) is 0 Å². The van der Waals surface area contributed by atoms with Crippen molar-refractivity contribution in [3.05, 3.63) is 47.0 Å². The highest BCUT2D eigenvalue weighted by atomic mass is 16.3. The Morgan fingerprint density at radius 1 is 0.765 bits per heavy atom. The van der Waals surface area contributed by atoms with Gasteiger partial charge >= 0.3 is 0 Å². The van der Waals surface area contributed by atoms with Gasteiger partial charge in [0, 0.05) is 5.56 Å². The number of phenolic OH excluding ortho intramolecular Hbond substituents is 2. The average molecular weight is 228 g/mol. The van der Waals surface area contributed by atoms with Crippen LogP contribution in [0.15, 0.2) is 30.3 Å². The van der Waals surface area contributed by atoms with Crippen molar-refractivity contribution in [2.75, 3.05) is 0 Å². The summed E-state index contributed by atoms with van der Waals surface area (Å²) in [6.07, 6.45) is 0. The van der Waals surface area contributed by atoms with Gasteiger partial charge in [-0.1, -0.05) is 18.2 Å². The number of phenols is 2. The first-order valence-corrected chi connectivity index (χ1v) is 5.60. The van der Waals surface area contributed by atoms with Crippen molar-refractivity contribution in [1.82, 2.24) is 0 Å². The molecule has 0 amide bonds. The molecule has 17 heavy (non-hydrogen) atoms. The van der Waals surface area contributed by atoms with E-state index in [-0.39, 0.29) is 11.5 Å². The molecule has 0 aliphatic carbocycles. The van der Waals surface area contributed by atoms with Crippen LogP contribution in [-0.2, 0) is 0 Å². The van der Waals surface area contributed by atoms with E-state index in [0.717, 1.165) is 11.1 Å². The smallest absolute Gasteiger partial charge is 0.123 e. The fourth-order valence-electron chi connectivity index (χ4n) is 1.94. The zero-order valence-electron chi connectivity index (χ0n) is 10.3. The van der Waals surface area contributed by atoms with Crippen LogP contribution in [0.2, 0.25) is 0 Å². The second-order valence-electron chi connectivity index (χ2n) is 4.40. The van der Waals surface area contributed by atoms with Gasteiger partial charge in [-0.25, -0.2) is 0 Å². The third kappa shape index (κ3) is 1.98. The van der Waals surface area contributed by atoms with Crippen LogP contribution >= 0.6 is 0 Å². The highest BCUT2D eigenvalue weighted by molar-refractivity contribution is 5.75. The maximum atomic E-state index is 9.97. The van der Waals surface area contributed by atoms with Crippen LogP contribution in [0.4, 0.5) is 0 Å². The number of hydrogen-bond donors (Lipinski definition) is 2. The van der Waals surface area contributed by atoms with Gasteiger partial charge in [-0.05, 0) is 55.2 Å². The lowest BCUT2D eigenvalue weighted by atomic mass is 9.95. The minimum Gasteiger partial charge on any atom is -0.508 e. The first kappa shape index (κ1) is 11.5. The summed E-state index contributed by atoms with van der Waals surface area (Å²) in [6, 6.07) is 9.14. The predicted octanol–water partition coefficient (Wildman–Crippen LogP) is 3.69. The topological polar surface area (TPSA) is 40.5 Å². The van der Waals surface area contributed by atoms with Gasteiger partial charge in [0.1, 0.15) is 11.5 Å². The molecule has 0 aromatic heterocycles. The van der Waals surface area contributed by atoms with Crippen LogP contribution in [0, 0.1) is 20.8 Å². The summed E-state index contributed by atoms with van der Waals surface area (Å²) in [7, 11) is 0. The molecule has 0 atom stereocenters. The Balaban J connectivity index is 2.69. The molecular formula is C15H16O2. The molecule has 2 aromatic carbocycles. The minimum absolute atomic E-state index is 0.203. The zero-order valence-corrected chi connectivity index (χ0v) is 10.3. The van der Waals surface area contributed by atoms with E-state index in [1.165, 1.54) is 5.56 Å². The van der Waals surface area contributed by atoms with Crippen molar-refractivity contribution >= 4 is 0 Å². The van der Waals surface area contributed by atoms with Crippen LogP contribution in [-0.4, -0.2) is 10.2 Å². The molecule has 0 bridgehead atoms. The largest absolute Gasteiger partial charge is 0.508 e. The second kappa shape index (κ2) is 4.13. The number of rotatable bonds is 1. The highest BCUT2D eigenvalue weighted by Gasteiger charge is 2.10. The van der Waals surface area contributed by atoms with Gasteiger partial charge in [-0.15, -0.1) is 0 Å². The Labute approximate surface area is 101 Å². The number of hydrogen-bond acceptors (Lipinski definition) is 2. The molecular weight excluding hydrogens is 212 g/mol. The number of aryl methyl sites for hydroxylation is 2. The van der Waals surface area contributed by atoms with Crippen molar-refractivity contribution < 1.29 is 10.2 Å². The Morgan fingerprint density at radius 2 is 1.47 bits per heavy atom. The first-order valence-electron chi connectivity index (χ1n) is 5.60. The lowest BCUT2D eigenvalue weighted by Gasteiger charge is -2.12. The van der Waals surface area contributed by atoms with Gasteiger partial charge in [0.2, 0.25) is 0 Å². The molecule has 0 fully saturated rings. The quantitative estimate of drug-likeness (QED) is 0.731. The third-order valence-electron chi connectivity index (χ3n) is 3.21. The fourth-order valence-corrected chi connectivity index (χ4v) is 1.94. The fraction of sp³-hybridized carbons (Fsp3) is 0.200. The van der Waals surface area contributed by atoms with Gasteiger partial charge in [0.15, 0.2) is 0 Å². The summed E-state index contributed by atoms with van der Waals surface area (Å²) >= 11 is 0. The lowest BCUT2D eigenvalue weighted by Crippen LogP contribution is -1.88. The maximum Gasteiger partial charge on any atom is 0.123 e. The van der Waals surface area contributed by atoms with Gasteiger partial charge < -0.3 is 10.2 Å². The lowest BCUT2D eigenvalue weighted by molar-refractivity contribution is 0.458. The summed E-state index contributed by atoms with van der Waals surface area (Å²) in [6.45, 7) is 5.81. The van der Waals surface area contributed by atoms with E-state index in [2.05, 4.69) is 0 Å². The van der Waals surface area contributed by atoms with Crippen LogP contribution < -0.4 is 0 Å². The van der Waals surface area contributed by atoms with Crippen LogP contribution in [0.1, 0.15) is 16.7 Å². The van der Waals surface area contributed by atoms with E-state index in [0.29, 0.717) is 11.1 Å². The third-order valence-corrected chi connectivity index (χ3v) is 3.21. The molecule has 0 unspecified atom stereocenters. The van der Waals surface area contributed by atoms with E-state index < -0.39 is 0 Å². The highest BCUT2D eigenvalue weighted by Crippen LogP contribution is 2.36. The number of aromatic hydroxyl groups is 2. The summed E-state index contributed by atoms with van der Waals surface area (Å²) in [5, 5.41) is 19.7. The van der Waals surface area contributed by atoms with E-state index in [9.17, 15) is 10.2 Å². The van der Waals surface area contributed by atoms with Crippen molar-refractivity contribution in [2.45, 2.75) is 20.8 Å². The molecule has 0 aliphatic rings. The van der Waals surface area contributed by atoms with E-state index in [1.54, 1.807) is 19.1 Å². The van der Waals surface area contributed by atoms with Gasteiger partial charge in [0.25, 0.3) is 0 Å². The predicted molar refractivity (Wildman–Crippen MR) is 69.4 cm³/mol. The molecule has 0 aliphatic heterocycles. The molecule has 0 radical (unpaired) electrons. The monoisotopic (exact) mass is 228 g/mol. The van der Waals surface area contributed by atoms with Gasteiger partial charge in [0.05, 0.1) is 0 Å². The zero-order chi connectivity index (χ0) is 12.6. The van der Waals surface area contributed by atoms with Crippen LogP contribution in [0.25, 0.3) is 11.1 Å². The first-order chi connectivity index (χ1) is 8.00. The average Bonchev–Trinajstić information content (AvgIpc) is 2.28. The normalized spacial score (nSPS) is 10.5. The molecule has 2 aromatic rings. The van der Waals surface area contributed by atoms with Gasteiger partial charge in [-0.3, -0.25) is 0 Å². The Morgan fingerprint density at radius 3 is 2.18 bits per heavy atom. The van der Waals surface area contributed by atoms with Crippen molar-refractivity contribution in [3.63, 3.8) is 0 Å². The van der Waals surface area contributed by atoms with E-state index in [4.69, 9.17) is 0 Å². The maximum absolute atomic E-state index is 9.97. The Hall–Kier alpha value is -1.96. The van der Waals surface area contributed by atoms with Crippen LogP contribution in [0.3, 0.4) is 0 Å². The Kier molecular flexibility index (Phi) is 2.80. The molecule has 0 spiro atoms. The standard InChI is InChI=1S/C15H16O2/c1-9-5-4-6-12(11(9)3)13-8-14(16)10(2)7-15(13)17/h4-8,16-17H,1-3H3. The molecule has 2 rings (SSSR count). The SMILES string of the molecule is Cc1cc(O)c(-c2cccc(C)c2C)cc1O. The van der Waals surface area contributed by atoms with Crippen molar-refractivity contribution in [1.29, 1.82) is 0 Å². The molecule has 88 valence electrons. The minimum atomic E-state index is 0.203. The van der Waals surface area contributed by atoms with E-state index >= 15 is 0 Å². The summed E-state index contributed by atoms with van der Waals surface area (Å²) in [5.41, 5.74) is 4.59. The second-order valence-corrected chi connectivity index (χ2v) is 4.40. The summed E-state index contributed by atoms with van der Waals surface area (Å²) in [5.74, 6) is 0.410. The Bertz CT molecular complexity index is 571. The van der Waals surface area contributed by atoms with Crippen LogP contribution in [0.5, 0.6) is 11.5 Å². The van der Waals surface area contributed by atoms with Crippen molar-refractivity contribution in [2.24, 2.45) is 0 Å². The molecule has 2 N–H and O–H groups in total. The molecule has 2 nitrogen and oxygen atoms in total. The molecule has 0 saturated carbocycles. The summed E-state index contributed by atoms with van der Waals surface area (Å²) in [4.78, 5) is 0. The molecule has 0 heterocycles.